The number of alkyl carbamates (subject to hydrolysis) is 1. The topological polar surface area (TPSA) is 95.9 Å². The predicted octanol–water partition coefficient (Wildman–Crippen LogP) is 4.36. The number of nitrogens with zero attached hydrogens (tertiary/aromatic N) is 1. The van der Waals surface area contributed by atoms with Crippen molar-refractivity contribution in [2.45, 2.75) is 44.2 Å². The first-order valence-corrected chi connectivity index (χ1v) is 13.5. The quantitative estimate of drug-likeness (QED) is 0.564. The third kappa shape index (κ3) is 5.32. The fourth-order valence-corrected chi connectivity index (χ4v) is 5.73. The monoisotopic (exact) mass is 496 g/mol. The molecule has 0 aromatic heterocycles. The van der Waals surface area contributed by atoms with Crippen LogP contribution in [0.5, 0.6) is 0 Å². The van der Waals surface area contributed by atoms with Gasteiger partial charge in [-0.25, -0.2) is 4.79 Å². The second-order valence-corrected chi connectivity index (χ2v) is 10.1. The van der Waals surface area contributed by atoms with Gasteiger partial charge in [0.1, 0.15) is 12.6 Å². The maximum atomic E-state index is 13.4. The highest BCUT2D eigenvalue weighted by Crippen LogP contribution is 2.44. The molecule has 0 spiro atoms. The fourth-order valence-electron chi connectivity index (χ4n) is 5.26. The van der Waals surface area contributed by atoms with Gasteiger partial charge in [0, 0.05) is 18.5 Å². The number of piperidine rings is 1. The lowest BCUT2D eigenvalue weighted by atomic mass is 9.89. The van der Waals surface area contributed by atoms with E-state index in [2.05, 4.69) is 29.6 Å². The van der Waals surface area contributed by atoms with E-state index in [1.165, 1.54) is 0 Å². The Morgan fingerprint density at radius 2 is 1.74 bits per heavy atom. The molecule has 1 heterocycles. The summed E-state index contributed by atoms with van der Waals surface area (Å²) in [5.74, 6) is -1.11. The molecule has 0 bridgehead atoms. The molecular formula is C27H32N2O5S. The van der Waals surface area contributed by atoms with Crippen LogP contribution in [-0.2, 0) is 14.3 Å². The van der Waals surface area contributed by atoms with Crippen LogP contribution in [0.15, 0.2) is 48.5 Å². The minimum atomic E-state index is -0.889. The van der Waals surface area contributed by atoms with Gasteiger partial charge in [0.15, 0.2) is 0 Å². The van der Waals surface area contributed by atoms with Crippen molar-refractivity contribution < 1.29 is 24.2 Å². The minimum Gasteiger partial charge on any atom is -0.481 e. The fraction of sp³-hybridized carbons (Fsp3) is 0.444. The van der Waals surface area contributed by atoms with Gasteiger partial charge >= 0.3 is 12.1 Å². The lowest BCUT2D eigenvalue weighted by Gasteiger charge is -2.39. The number of carboxylic acids is 1. The summed E-state index contributed by atoms with van der Waals surface area (Å²) in [5.41, 5.74) is 4.55. The number of nitrogens with one attached hydrogen (secondary N) is 1. The van der Waals surface area contributed by atoms with E-state index in [1.54, 1.807) is 23.6 Å². The van der Waals surface area contributed by atoms with Crippen molar-refractivity contribution in [3.63, 3.8) is 0 Å². The van der Waals surface area contributed by atoms with Gasteiger partial charge in [-0.15, -0.1) is 0 Å². The standard InChI is InChI=1S/C27H32N2O5S/c1-17-18(26(31)32)12-7-14-29(17)25(30)24(13-15-35-2)28-27(33)34-16-23-21-10-5-3-8-19(21)20-9-4-6-11-22(20)23/h3-6,8-11,17-18,23-24H,7,12-16H2,1-2H3,(H,28,33)(H,31,32)/t17-,18-,24-/m0/s1. The van der Waals surface area contributed by atoms with Crippen molar-refractivity contribution in [2.24, 2.45) is 5.92 Å². The van der Waals surface area contributed by atoms with Gasteiger partial charge in [-0.05, 0) is 60.4 Å². The molecule has 0 radical (unpaired) electrons. The maximum Gasteiger partial charge on any atom is 0.407 e. The number of likely N-dealkylation sites (tertiary alicyclic amines) is 1. The SMILES string of the molecule is CSCC[C@H](NC(=O)OCC1c2ccccc2-c2ccccc21)C(=O)N1CCC[C@H](C(=O)O)[C@@H]1C. The number of aliphatic carboxylic acids is 1. The van der Waals surface area contributed by atoms with E-state index in [0.717, 1.165) is 22.3 Å². The van der Waals surface area contributed by atoms with Gasteiger partial charge in [0.2, 0.25) is 5.91 Å². The number of thioether (sulfide) groups is 1. The number of fused-ring (bicyclic) bond motifs is 3. The summed E-state index contributed by atoms with van der Waals surface area (Å²) in [6, 6.07) is 15.1. The van der Waals surface area contributed by atoms with E-state index in [0.29, 0.717) is 31.6 Å². The lowest BCUT2D eigenvalue weighted by molar-refractivity contribution is -0.149. The summed E-state index contributed by atoms with van der Waals surface area (Å²) < 4.78 is 5.65. The Morgan fingerprint density at radius 1 is 1.11 bits per heavy atom. The summed E-state index contributed by atoms with van der Waals surface area (Å²) in [7, 11) is 0. The van der Waals surface area contributed by atoms with Crippen molar-refractivity contribution in [1.82, 2.24) is 10.2 Å². The van der Waals surface area contributed by atoms with Crippen molar-refractivity contribution in [2.75, 3.05) is 25.2 Å². The molecule has 1 aliphatic carbocycles. The zero-order valence-electron chi connectivity index (χ0n) is 20.1. The first kappa shape index (κ1) is 25.1. The van der Waals surface area contributed by atoms with E-state index in [9.17, 15) is 19.5 Å². The maximum absolute atomic E-state index is 13.4. The van der Waals surface area contributed by atoms with E-state index in [-0.39, 0.29) is 18.4 Å². The third-order valence-corrected chi connectivity index (χ3v) is 7.78. The molecular weight excluding hydrogens is 464 g/mol. The predicted molar refractivity (Wildman–Crippen MR) is 137 cm³/mol. The molecule has 2 amide bonds. The molecule has 35 heavy (non-hydrogen) atoms. The van der Waals surface area contributed by atoms with E-state index >= 15 is 0 Å². The molecule has 2 aliphatic rings. The summed E-state index contributed by atoms with van der Waals surface area (Å²) in [6.45, 7) is 2.44. The van der Waals surface area contributed by atoms with Gasteiger partial charge in [-0.1, -0.05) is 48.5 Å². The van der Waals surface area contributed by atoms with Crippen LogP contribution in [0.25, 0.3) is 11.1 Å². The molecule has 0 saturated carbocycles. The largest absolute Gasteiger partial charge is 0.481 e. The summed E-state index contributed by atoms with van der Waals surface area (Å²) in [5, 5.41) is 12.3. The Hall–Kier alpha value is -3.00. The smallest absolute Gasteiger partial charge is 0.407 e. The number of ether oxygens (including phenoxy) is 1. The van der Waals surface area contributed by atoms with Crippen LogP contribution in [0.1, 0.15) is 43.2 Å². The van der Waals surface area contributed by atoms with Crippen LogP contribution in [0, 0.1) is 5.92 Å². The lowest BCUT2D eigenvalue weighted by Crippen LogP contribution is -2.56. The third-order valence-electron chi connectivity index (χ3n) is 7.13. The Kier molecular flexibility index (Phi) is 8.00. The number of benzene rings is 2. The number of carbonyl (C=O) groups excluding carboxylic acids is 2. The van der Waals surface area contributed by atoms with Crippen LogP contribution in [0.2, 0.25) is 0 Å². The van der Waals surface area contributed by atoms with E-state index in [4.69, 9.17) is 4.74 Å². The zero-order chi connectivity index (χ0) is 24.9. The van der Waals surface area contributed by atoms with Crippen LogP contribution in [0.3, 0.4) is 0 Å². The van der Waals surface area contributed by atoms with Gasteiger partial charge in [0.25, 0.3) is 0 Å². The van der Waals surface area contributed by atoms with E-state index in [1.807, 2.05) is 30.5 Å². The molecule has 1 saturated heterocycles. The van der Waals surface area contributed by atoms with Crippen molar-refractivity contribution in [3.8, 4) is 11.1 Å². The average molecular weight is 497 g/mol. The number of carbonyl (C=O) groups is 3. The zero-order valence-corrected chi connectivity index (χ0v) is 20.9. The van der Waals surface area contributed by atoms with Crippen LogP contribution >= 0.6 is 11.8 Å². The molecule has 7 nitrogen and oxygen atoms in total. The van der Waals surface area contributed by atoms with Crippen LogP contribution < -0.4 is 5.32 Å². The molecule has 1 aliphatic heterocycles. The minimum absolute atomic E-state index is 0.0630. The second-order valence-electron chi connectivity index (χ2n) is 9.16. The van der Waals surface area contributed by atoms with Crippen molar-refractivity contribution in [1.29, 1.82) is 0 Å². The Balaban J connectivity index is 1.43. The van der Waals surface area contributed by atoms with E-state index < -0.39 is 30.1 Å². The molecule has 2 aromatic carbocycles. The molecule has 3 atom stereocenters. The van der Waals surface area contributed by atoms with Gasteiger partial charge in [-0.3, -0.25) is 9.59 Å². The molecule has 186 valence electrons. The molecule has 2 N–H and O–H groups in total. The Morgan fingerprint density at radius 3 is 2.34 bits per heavy atom. The Bertz CT molecular complexity index is 1050. The van der Waals surface area contributed by atoms with Gasteiger partial charge in [0.05, 0.1) is 5.92 Å². The molecule has 2 aromatic rings. The van der Waals surface area contributed by atoms with Crippen molar-refractivity contribution in [3.05, 3.63) is 59.7 Å². The highest BCUT2D eigenvalue weighted by Gasteiger charge is 2.38. The first-order chi connectivity index (χ1) is 16.9. The normalized spacial score (nSPS) is 20.0. The summed E-state index contributed by atoms with van der Waals surface area (Å²) in [4.78, 5) is 39.4. The molecule has 4 rings (SSSR count). The number of rotatable bonds is 8. The summed E-state index contributed by atoms with van der Waals surface area (Å²) >= 11 is 1.59. The van der Waals surface area contributed by atoms with Crippen LogP contribution in [-0.4, -0.2) is 65.2 Å². The highest BCUT2D eigenvalue weighted by molar-refractivity contribution is 7.98. The number of hydrogen-bond donors (Lipinski definition) is 2. The first-order valence-electron chi connectivity index (χ1n) is 12.1. The van der Waals surface area contributed by atoms with Crippen molar-refractivity contribution >= 4 is 29.7 Å². The molecule has 0 unspecified atom stereocenters. The average Bonchev–Trinajstić information content (AvgIpc) is 3.18. The highest BCUT2D eigenvalue weighted by atomic mass is 32.2. The van der Waals surface area contributed by atoms with Gasteiger partial charge < -0.3 is 20.1 Å². The number of carboxylic acid groups (broad SMARTS) is 1. The Labute approximate surface area is 210 Å². The molecule has 8 heteroatoms. The number of hydrogen-bond acceptors (Lipinski definition) is 5. The second kappa shape index (κ2) is 11.2. The molecule has 1 fully saturated rings. The number of amides is 2. The summed E-state index contributed by atoms with van der Waals surface area (Å²) in [6.07, 6.45) is 2.94. The van der Waals surface area contributed by atoms with Gasteiger partial charge in [-0.2, -0.15) is 11.8 Å². The van der Waals surface area contributed by atoms with Crippen LogP contribution in [0.4, 0.5) is 4.79 Å².